The summed E-state index contributed by atoms with van der Waals surface area (Å²) in [5.74, 6) is 0. The van der Waals surface area contributed by atoms with Gasteiger partial charge < -0.3 is 0 Å². The van der Waals surface area contributed by atoms with Gasteiger partial charge in [0.1, 0.15) is 0 Å². The maximum Gasteiger partial charge on any atom is 0.0532 e. The number of rotatable bonds is 4. The zero-order valence-electron chi connectivity index (χ0n) is 11.5. The van der Waals surface area contributed by atoms with Crippen molar-refractivity contribution in [3.8, 4) is 0 Å². The van der Waals surface area contributed by atoms with E-state index in [0.717, 1.165) is 12.8 Å². The van der Waals surface area contributed by atoms with E-state index >= 15 is 0 Å². The highest BCUT2D eigenvalue weighted by Gasteiger charge is 2.14. The Morgan fingerprint density at radius 1 is 1.00 bits per heavy atom. The number of hydrogen-bond acceptors (Lipinski definition) is 1. The van der Waals surface area contributed by atoms with Crippen LogP contribution in [-0.2, 0) is 12.8 Å². The molecule has 0 nitrogen and oxygen atoms in total. The van der Waals surface area contributed by atoms with E-state index in [9.17, 15) is 0 Å². The maximum absolute atomic E-state index is 3.89. The van der Waals surface area contributed by atoms with Crippen molar-refractivity contribution in [3.63, 3.8) is 0 Å². The number of benzene rings is 2. The Morgan fingerprint density at radius 3 is 2.65 bits per heavy atom. The predicted octanol–water partition coefficient (Wildman–Crippen LogP) is 6.14. The normalized spacial score (nSPS) is 12.7. The summed E-state index contributed by atoms with van der Waals surface area (Å²) in [7, 11) is 0. The van der Waals surface area contributed by atoms with Crippen LogP contribution in [0.25, 0.3) is 10.8 Å². The first-order valence-electron chi connectivity index (χ1n) is 6.96. The molecular weight excluding hydrogens is 328 g/mol. The molecule has 0 bridgehead atoms. The van der Waals surface area contributed by atoms with Gasteiger partial charge in [0.25, 0.3) is 0 Å². The van der Waals surface area contributed by atoms with Crippen molar-refractivity contribution in [2.24, 2.45) is 0 Å². The molecule has 3 aromatic rings. The van der Waals surface area contributed by atoms with Crippen LogP contribution in [0.15, 0.2) is 53.9 Å². The fraction of sp³-hybridized carbons (Fsp3) is 0.222. The van der Waals surface area contributed by atoms with Gasteiger partial charge in [-0.3, -0.25) is 0 Å². The molecular formula is C18H17BrS. The number of halogens is 1. The molecule has 0 fully saturated rings. The summed E-state index contributed by atoms with van der Waals surface area (Å²) < 4.78 is 0. The third-order valence-electron chi connectivity index (χ3n) is 3.73. The van der Waals surface area contributed by atoms with Crippen molar-refractivity contribution < 1.29 is 0 Å². The standard InChI is InChI=1S/C18H17BrS/c1-2-13-10-11-20-18(13)17(19)12-15-8-5-7-14-6-3-4-9-16(14)15/h3-11,17H,2,12H2,1H3. The minimum atomic E-state index is 0.406. The van der Waals surface area contributed by atoms with Gasteiger partial charge in [0.05, 0.1) is 4.83 Å². The summed E-state index contributed by atoms with van der Waals surface area (Å²) >= 11 is 5.75. The highest BCUT2D eigenvalue weighted by Crippen LogP contribution is 2.35. The molecule has 0 aliphatic heterocycles. The average Bonchev–Trinajstić information content (AvgIpc) is 2.96. The lowest BCUT2D eigenvalue weighted by molar-refractivity contribution is 0.953. The van der Waals surface area contributed by atoms with Crippen LogP contribution in [0.4, 0.5) is 0 Å². The van der Waals surface area contributed by atoms with Crippen LogP contribution in [0.1, 0.15) is 27.8 Å². The lowest BCUT2D eigenvalue weighted by Gasteiger charge is -2.12. The summed E-state index contributed by atoms with van der Waals surface area (Å²) in [5.41, 5.74) is 2.89. The van der Waals surface area contributed by atoms with Crippen molar-refractivity contribution in [1.29, 1.82) is 0 Å². The van der Waals surface area contributed by atoms with Crippen molar-refractivity contribution >= 4 is 38.0 Å². The molecule has 2 aromatic carbocycles. The third kappa shape index (κ3) is 2.68. The molecule has 20 heavy (non-hydrogen) atoms. The van der Waals surface area contributed by atoms with E-state index in [4.69, 9.17) is 0 Å². The van der Waals surface area contributed by atoms with Crippen molar-refractivity contribution in [2.75, 3.05) is 0 Å². The number of thiophene rings is 1. The summed E-state index contributed by atoms with van der Waals surface area (Å²) in [5, 5.41) is 4.89. The smallest absolute Gasteiger partial charge is 0.0532 e. The van der Waals surface area contributed by atoms with E-state index in [1.54, 1.807) is 0 Å². The molecule has 1 atom stereocenters. The zero-order valence-corrected chi connectivity index (χ0v) is 13.9. The zero-order chi connectivity index (χ0) is 13.9. The molecule has 0 N–H and O–H groups in total. The van der Waals surface area contributed by atoms with Gasteiger partial charge in [-0.15, -0.1) is 11.3 Å². The molecule has 0 amide bonds. The first-order chi connectivity index (χ1) is 9.79. The van der Waals surface area contributed by atoms with Gasteiger partial charge in [-0.2, -0.15) is 0 Å². The first-order valence-corrected chi connectivity index (χ1v) is 8.76. The van der Waals surface area contributed by atoms with Gasteiger partial charge in [0.2, 0.25) is 0 Å². The second-order valence-corrected chi connectivity index (χ2v) is 7.03. The van der Waals surface area contributed by atoms with E-state index in [1.807, 2.05) is 11.3 Å². The highest BCUT2D eigenvalue weighted by atomic mass is 79.9. The molecule has 1 heterocycles. The highest BCUT2D eigenvalue weighted by molar-refractivity contribution is 9.09. The Labute approximate surface area is 132 Å². The fourth-order valence-corrected chi connectivity index (χ4v) is 4.61. The molecule has 0 aliphatic carbocycles. The molecule has 0 radical (unpaired) electrons. The number of fused-ring (bicyclic) bond motifs is 1. The molecule has 1 unspecified atom stereocenters. The van der Waals surface area contributed by atoms with Crippen molar-refractivity contribution in [1.82, 2.24) is 0 Å². The van der Waals surface area contributed by atoms with Crippen LogP contribution < -0.4 is 0 Å². The second-order valence-electron chi connectivity index (χ2n) is 4.97. The Morgan fingerprint density at radius 2 is 1.80 bits per heavy atom. The number of aryl methyl sites for hydroxylation is 1. The lowest BCUT2D eigenvalue weighted by atomic mass is 9.99. The Kier molecular flexibility index (Phi) is 4.23. The van der Waals surface area contributed by atoms with E-state index in [0.29, 0.717) is 4.83 Å². The van der Waals surface area contributed by atoms with Crippen LogP contribution >= 0.6 is 27.3 Å². The predicted molar refractivity (Wildman–Crippen MR) is 93.0 cm³/mol. The molecule has 0 saturated heterocycles. The topological polar surface area (TPSA) is 0 Å². The quantitative estimate of drug-likeness (QED) is 0.498. The van der Waals surface area contributed by atoms with E-state index in [2.05, 4.69) is 76.8 Å². The van der Waals surface area contributed by atoms with Gasteiger partial charge in [-0.1, -0.05) is 65.3 Å². The van der Waals surface area contributed by atoms with Gasteiger partial charge >= 0.3 is 0 Å². The van der Waals surface area contributed by atoms with Gasteiger partial charge in [0, 0.05) is 4.88 Å². The van der Waals surface area contributed by atoms with E-state index in [-0.39, 0.29) is 0 Å². The maximum atomic E-state index is 3.89. The molecule has 0 saturated carbocycles. The van der Waals surface area contributed by atoms with Gasteiger partial charge in [-0.25, -0.2) is 0 Å². The fourth-order valence-electron chi connectivity index (χ4n) is 2.67. The van der Waals surface area contributed by atoms with Gasteiger partial charge in [-0.05, 0) is 46.2 Å². The monoisotopic (exact) mass is 344 g/mol. The first kappa shape index (κ1) is 13.8. The molecule has 102 valence electrons. The second kappa shape index (κ2) is 6.11. The lowest BCUT2D eigenvalue weighted by Crippen LogP contribution is -1.97. The Bertz CT molecular complexity index is 709. The summed E-state index contributed by atoms with van der Waals surface area (Å²) in [6.45, 7) is 2.23. The van der Waals surface area contributed by atoms with Crippen LogP contribution in [0.2, 0.25) is 0 Å². The van der Waals surface area contributed by atoms with Crippen LogP contribution in [0, 0.1) is 0 Å². The van der Waals surface area contributed by atoms with E-state index in [1.165, 1.54) is 26.8 Å². The Balaban J connectivity index is 1.93. The molecule has 2 heteroatoms. The summed E-state index contributed by atoms with van der Waals surface area (Å²) in [4.78, 5) is 1.88. The third-order valence-corrected chi connectivity index (χ3v) is 5.88. The Hall–Kier alpha value is -1.12. The van der Waals surface area contributed by atoms with Gasteiger partial charge in [0.15, 0.2) is 0 Å². The minimum absolute atomic E-state index is 0.406. The van der Waals surface area contributed by atoms with Crippen molar-refractivity contribution in [2.45, 2.75) is 24.6 Å². The van der Waals surface area contributed by atoms with Crippen LogP contribution in [-0.4, -0.2) is 0 Å². The number of hydrogen-bond donors (Lipinski definition) is 0. The van der Waals surface area contributed by atoms with E-state index < -0.39 is 0 Å². The largest absolute Gasteiger partial charge is 0.147 e. The molecule has 0 spiro atoms. The van der Waals surface area contributed by atoms with Crippen molar-refractivity contribution in [3.05, 3.63) is 69.9 Å². The molecule has 3 rings (SSSR count). The average molecular weight is 345 g/mol. The van der Waals surface area contributed by atoms with Crippen LogP contribution in [0.5, 0.6) is 0 Å². The van der Waals surface area contributed by atoms with Crippen LogP contribution in [0.3, 0.4) is 0 Å². The minimum Gasteiger partial charge on any atom is -0.147 e. The number of alkyl halides is 1. The SMILES string of the molecule is CCc1ccsc1C(Br)Cc1cccc2ccccc12. The molecule has 0 aliphatic rings. The summed E-state index contributed by atoms with van der Waals surface area (Å²) in [6, 6.07) is 17.5. The molecule has 1 aromatic heterocycles. The summed E-state index contributed by atoms with van der Waals surface area (Å²) in [6.07, 6.45) is 2.14.